The molecule has 1 atom stereocenters. The molecule has 2 aromatic carbocycles. The molecular weight excluding hydrogens is 488 g/mol. The first-order valence-electron chi connectivity index (χ1n) is 12.7. The van der Waals surface area contributed by atoms with Crippen LogP contribution in [0.4, 0.5) is 4.79 Å². The molecule has 0 fully saturated rings. The Morgan fingerprint density at radius 1 is 0.868 bits per heavy atom. The highest BCUT2D eigenvalue weighted by Crippen LogP contribution is 2.14. The Morgan fingerprint density at radius 3 is 2.18 bits per heavy atom. The summed E-state index contributed by atoms with van der Waals surface area (Å²) in [5.74, 6) is -1.24. The van der Waals surface area contributed by atoms with Gasteiger partial charge in [-0.2, -0.15) is 0 Å². The van der Waals surface area contributed by atoms with Gasteiger partial charge in [0.15, 0.2) is 0 Å². The van der Waals surface area contributed by atoms with Gasteiger partial charge in [0, 0.05) is 19.4 Å². The van der Waals surface area contributed by atoms with Crippen molar-refractivity contribution in [1.82, 2.24) is 10.6 Å². The van der Waals surface area contributed by atoms with Crippen LogP contribution in [0.3, 0.4) is 0 Å². The van der Waals surface area contributed by atoms with Gasteiger partial charge in [0.1, 0.15) is 18.2 Å². The molecule has 0 aliphatic carbocycles. The third-order valence-corrected chi connectivity index (χ3v) is 5.41. The van der Waals surface area contributed by atoms with Crippen LogP contribution < -0.4 is 10.6 Å². The van der Waals surface area contributed by atoms with Crippen LogP contribution in [0.25, 0.3) is 0 Å². The first kappa shape index (κ1) is 30.3. The van der Waals surface area contributed by atoms with Gasteiger partial charge in [-0.1, -0.05) is 48.9 Å². The van der Waals surface area contributed by atoms with E-state index in [1.807, 2.05) is 30.3 Å². The van der Waals surface area contributed by atoms with E-state index in [2.05, 4.69) is 10.6 Å². The molecule has 2 N–H and O–H groups in total. The SMILES string of the molecule is COC(=O)[C@@H](Cc1ccc(C(=O)OC(C)(C)C)cc1)NC(=O)CCCCCNC(=O)OCc1ccccc1. The normalized spacial score (nSPS) is 11.7. The number of unbranched alkanes of at least 4 members (excludes halogenated alkanes) is 2. The van der Waals surface area contributed by atoms with Gasteiger partial charge in [-0.05, 0) is 56.9 Å². The van der Waals surface area contributed by atoms with Crippen molar-refractivity contribution in [3.63, 3.8) is 0 Å². The molecule has 38 heavy (non-hydrogen) atoms. The molecule has 0 spiro atoms. The van der Waals surface area contributed by atoms with Crippen molar-refractivity contribution in [3.8, 4) is 0 Å². The molecule has 206 valence electrons. The summed E-state index contributed by atoms with van der Waals surface area (Å²) in [6, 6.07) is 15.3. The number of hydrogen-bond acceptors (Lipinski definition) is 7. The number of alkyl carbamates (subject to hydrolysis) is 1. The molecule has 0 saturated heterocycles. The van der Waals surface area contributed by atoms with Crippen LogP contribution in [0, 0.1) is 0 Å². The Balaban J connectivity index is 1.70. The summed E-state index contributed by atoms with van der Waals surface area (Å²) >= 11 is 0. The van der Waals surface area contributed by atoms with Crippen LogP contribution >= 0.6 is 0 Å². The van der Waals surface area contributed by atoms with E-state index in [1.54, 1.807) is 45.0 Å². The lowest BCUT2D eigenvalue weighted by molar-refractivity contribution is -0.145. The average molecular weight is 527 g/mol. The molecule has 9 heteroatoms. The fourth-order valence-corrected chi connectivity index (χ4v) is 3.50. The predicted octanol–water partition coefficient (Wildman–Crippen LogP) is 4.33. The Kier molecular flexibility index (Phi) is 12.3. The summed E-state index contributed by atoms with van der Waals surface area (Å²) in [7, 11) is 1.27. The molecule has 0 heterocycles. The molecule has 2 aromatic rings. The van der Waals surface area contributed by atoms with Crippen molar-refractivity contribution in [1.29, 1.82) is 0 Å². The third kappa shape index (κ3) is 11.9. The molecular formula is C29H38N2O7. The van der Waals surface area contributed by atoms with E-state index in [-0.39, 0.29) is 25.4 Å². The fraction of sp³-hybridized carbons (Fsp3) is 0.448. The lowest BCUT2D eigenvalue weighted by atomic mass is 10.0. The largest absolute Gasteiger partial charge is 0.467 e. The number of ether oxygens (including phenoxy) is 3. The summed E-state index contributed by atoms with van der Waals surface area (Å²) in [6.45, 7) is 6.04. The van der Waals surface area contributed by atoms with Gasteiger partial charge in [-0.15, -0.1) is 0 Å². The van der Waals surface area contributed by atoms with Crippen LogP contribution in [0.5, 0.6) is 0 Å². The number of esters is 2. The second-order valence-electron chi connectivity index (χ2n) is 9.85. The van der Waals surface area contributed by atoms with Crippen molar-refractivity contribution in [3.05, 3.63) is 71.3 Å². The van der Waals surface area contributed by atoms with Gasteiger partial charge in [-0.25, -0.2) is 14.4 Å². The highest BCUT2D eigenvalue weighted by molar-refractivity contribution is 5.89. The number of benzene rings is 2. The molecule has 0 unspecified atom stereocenters. The molecule has 0 aromatic heterocycles. The molecule has 0 radical (unpaired) electrons. The van der Waals surface area contributed by atoms with E-state index in [0.29, 0.717) is 24.9 Å². The highest BCUT2D eigenvalue weighted by atomic mass is 16.6. The molecule has 0 bridgehead atoms. The Morgan fingerprint density at radius 2 is 1.55 bits per heavy atom. The quantitative estimate of drug-likeness (QED) is 0.226. The average Bonchev–Trinajstić information content (AvgIpc) is 2.88. The summed E-state index contributed by atoms with van der Waals surface area (Å²) < 4.78 is 15.4. The summed E-state index contributed by atoms with van der Waals surface area (Å²) in [4.78, 5) is 48.6. The molecule has 0 aliphatic rings. The van der Waals surface area contributed by atoms with E-state index >= 15 is 0 Å². The van der Waals surface area contributed by atoms with Gasteiger partial charge >= 0.3 is 18.0 Å². The van der Waals surface area contributed by atoms with Gasteiger partial charge in [0.25, 0.3) is 0 Å². The van der Waals surface area contributed by atoms with Crippen LogP contribution in [0.1, 0.15) is 67.9 Å². The van der Waals surface area contributed by atoms with Crippen molar-refractivity contribution in [2.24, 2.45) is 0 Å². The van der Waals surface area contributed by atoms with Crippen molar-refractivity contribution in [2.45, 2.75) is 71.1 Å². The minimum absolute atomic E-state index is 0.210. The lowest BCUT2D eigenvalue weighted by Crippen LogP contribution is -2.43. The van der Waals surface area contributed by atoms with E-state index in [9.17, 15) is 19.2 Å². The first-order valence-corrected chi connectivity index (χ1v) is 12.7. The smallest absolute Gasteiger partial charge is 0.407 e. The summed E-state index contributed by atoms with van der Waals surface area (Å²) in [6.07, 6.45) is 2.00. The predicted molar refractivity (Wildman–Crippen MR) is 142 cm³/mol. The topological polar surface area (TPSA) is 120 Å². The first-order chi connectivity index (χ1) is 18.1. The van der Waals surface area contributed by atoms with E-state index < -0.39 is 29.7 Å². The summed E-state index contributed by atoms with van der Waals surface area (Å²) in [5.41, 5.74) is 1.48. The molecule has 2 rings (SSSR count). The molecule has 2 amide bonds. The number of carbonyl (C=O) groups excluding carboxylic acids is 4. The second-order valence-corrected chi connectivity index (χ2v) is 9.85. The standard InChI is InChI=1S/C29H38N2O7/c1-29(2,3)38-26(33)23-16-14-21(15-17-23)19-24(27(34)36-4)31-25(32)13-9-6-10-18-30-28(35)37-20-22-11-7-5-8-12-22/h5,7-8,11-12,14-17,24H,6,9-10,13,18-20H2,1-4H3,(H,30,35)(H,31,32)/t24-/m1/s1. The molecule has 9 nitrogen and oxygen atoms in total. The van der Waals surface area contributed by atoms with E-state index in [1.165, 1.54) is 7.11 Å². The van der Waals surface area contributed by atoms with Gasteiger partial charge in [0.05, 0.1) is 12.7 Å². The Labute approximate surface area is 224 Å². The molecule has 0 saturated carbocycles. The zero-order valence-electron chi connectivity index (χ0n) is 22.6. The van der Waals surface area contributed by atoms with Crippen LogP contribution in [-0.4, -0.2) is 49.2 Å². The number of hydrogen-bond donors (Lipinski definition) is 2. The fourth-order valence-electron chi connectivity index (χ4n) is 3.50. The number of rotatable bonds is 13. The summed E-state index contributed by atoms with van der Waals surface area (Å²) in [5, 5.41) is 5.42. The zero-order valence-corrected chi connectivity index (χ0v) is 22.6. The number of methoxy groups -OCH3 is 1. The van der Waals surface area contributed by atoms with Crippen molar-refractivity contribution >= 4 is 23.9 Å². The number of nitrogens with one attached hydrogen (secondary N) is 2. The maximum Gasteiger partial charge on any atom is 0.407 e. The highest BCUT2D eigenvalue weighted by Gasteiger charge is 2.22. The van der Waals surface area contributed by atoms with Gasteiger partial charge < -0.3 is 24.8 Å². The maximum absolute atomic E-state index is 12.4. The van der Waals surface area contributed by atoms with Gasteiger partial charge in [0.2, 0.25) is 5.91 Å². The van der Waals surface area contributed by atoms with Crippen LogP contribution in [0.2, 0.25) is 0 Å². The van der Waals surface area contributed by atoms with Crippen LogP contribution in [-0.2, 0) is 36.8 Å². The molecule has 0 aliphatic heterocycles. The van der Waals surface area contributed by atoms with E-state index in [4.69, 9.17) is 14.2 Å². The zero-order chi connectivity index (χ0) is 28.0. The minimum Gasteiger partial charge on any atom is -0.467 e. The van der Waals surface area contributed by atoms with Crippen LogP contribution in [0.15, 0.2) is 54.6 Å². The van der Waals surface area contributed by atoms with Gasteiger partial charge in [-0.3, -0.25) is 4.79 Å². The van der Waals surface area contributed by atoms with Crippen molar-refractivity contribution < 1.29 is 33.4 Å². The lowest BCUT2D eigenvalue weighted by Gasteiger charge is -2.20. The maximum atomic E-state index is 12.4. The number of amides is 2. The minimum atomic E-state index is -0.846. The Bertz CT molecular complexity index is 1050. The van der Waals surface area contributed by atoms with E-state index in [0.717, 1.165) is 17.5 Å². The number of carbonyl (C=O) groups is 4. The monoisotopic (exact) mass is 526 g/mol. The third-order valence-electron chi connectivity index (χ3n) is 5.41. The Hall–Kier alpha value is -3.88. The second kappa shape index (κ2) is 15.4. The van der Waals surface area contributed by atoms with Crippen molar-refractivity contribution in [2.75, 3.05) is 13.7 Å².